The van der Waals surface area contributed by atoms with E-state index in [1.165, 1.54) is 11.5 Å². The highest BCUT2D eigenvalue weighted by Crippen LogP contribution is 2.31. The van der Waals surface area contributed by atoms with Gasteiger partial charge < -0.3 is 15.0 Å². The maximum Gasteiger partial charge on any atom is 0.211 e. The second-order valence-electron chi connectivity index (χ2n) is 5.63. The van der Waals surface area contributed by atoms with Crippen LogP contribution >= 0.6 is 11.5 Å². The molecule has 0 aromatic carbocycles. The molecule has 0 aliphatic rings. The van der Waals surface area contributed by atoms with Crippen molar-refractivity contribution in [1.82, 2.24) is 19.3 Å². The van der Waals surface area contributed by atoms with Crippen LogP contribution in [0.15, 0.2) is 36.7 Å². The SMILES string of the molecule is CNc1cccnc1N(C)c1nc(-c2ccc(OC(C)C)cn2)ns1. The summed E-state index contributed by atoms with van der Waals surface area (Å²) in [5.74, 6) is 2.12. The first-order valence-electron chi connectivity index (χ1n) is 7.91. The van der Waals surface area contributed by atoms with Crippen molar-refractivity contribution in [2.45, 2.75) is 20.0 Å². The Morgan fingerprint density at radius 1 is 1.20 bits per heavy atom. The summed E-state index contributed by atoms with van der Waals surface area (Å²) in [5.41, 5.74) is 1.64. The molecule has 3 rings (SSSR count). The summed E-state index contributed by atoms with van der Waals surface area (Å²) in [6.45, 7) is 3.96. The van der Waals surface area contributed by atoms with Gasteiger partial charge in [-0.2, -0.15) is 9.36 Å². The standard InChI is InChI=1S/C17H20N6OS/c1-11(2)24-12-7-8-13(20-10-12)15-21-17(25-22-15)23(4)16-14(18-3)6-5-9-19-16/h5-11,18H,1-4H3. The predicted molar refractivity (Wildman–Crippen MR) is 101 cm³/mol. The van der Waals surface area contributed by atoms with Gasteiger partial charge in [0.2, 0.25) is 5.13 Å². The van der Waals surface area contributed by atoms with Crippen LogP contribution in [-0.2, 0) is 0 Å². The van der Waals surface area contributed by atoms with E-state index in [1.54, 1.807) is 12.4 Å². The van der Waals surface area contributed by atoms with E-state index in [4.69, 9.17) is 4.74 Å². The number of rotatable bonds is 6. The van der Waals surface area contributed by atoms with E-state index in [9.17, 15) is 0 Å². The quantitative estimate of drug-likeness (QED) is 0.723. The molecular formula is C17H20N6OS. The number of nitrogens with one attached hydrogen (secondary N) is 1. The molecule has 0 fully saturated rings. The molecule has 130 valence electrons. The zero-order valence-corrected chi connectivity index (χ0v) is 15.4. The molecule has 3 aromatic heterocycles. The second kappa shape index (κ2) is 7.43. The van der Waals surface area contributed by atoms with Gasteiger partial charge in [-0.15, -0.1) is 0 Å². The zero-order chi connectivity index (χ0) is 17.8. The van der Waals surface area contributed by atoms with Crippen molar-refractivity contribution < 1.29 is 4.74 Å². The van der Waals surface area contributed by atoms with Gasteiger partial charge in [0.15, 0.2) is 11.6 Å². The second-order valence-corrected chi connectivity index (χ2v) is 6.36. The Labute approximate surface area is 150 Å². The monoisotopic (exact) mass is 356 g/mol. The summed E-state index contributed by atoms with van der Waals surface area (Å²) in [4.78, 5) is 15.3. The van der Waals surface area contributed by atoms with Crippen LogP contribution in [0, 0.1) is 0 Å². The fourth-order valence-corrected chi connectivity index (χ4v) is 2.90. The summed E-state index contributed by atoms with van der Waals surface area (Å²) >= 11 is 1.31. The van der Waals surface area contributed by atoms with Crippen molar-refractivity contribution in [2.24, 2.45) is 0 Å². The van der Waals surface area contributed by atoms with Crippen molar-refractivity contribution in [3.63, 3.8) is 0 Å². The first-order valence-corrected chi connectivity index (χ1v) is 8.69. The van der Waals surface area contributed by atoms with Crippen molar-refractivity contribution in [2.75, 3.05) is 24.3 Å². The minimum atomic E-state index is 0.116. The van der Waals surface area contributed by atoms with Crippen molar-refractivity contribution in [3.05, 3.63) is 36.7 Å². The van der Waals surface area contributed by atoms with Crippen LogP contribution in [-0.4, -0.2) is 39.5 Å². The van der Waals surface area contributed by atoms with Crippen LogP contribution in [0.3, 0.4) is 0 Å². The Morgan fingerprint density at radius 3 is 2.72 bits per heavy atom. The third kappa shape index (κ3) is 3.85. The summed E-state index contributed by atoms with van der Waals surface area (Å²) in [7, 11) is 3.78. The van der Waals surface area contributed by atoms with Gasteiger partial charge in [0.05, 0.1) is 18.0 Å². The number of hydrogen-bond acceptors (Lipinski definition) is 8. The molecule has 0 radical (unpaired) electrons. The molecule has 0 bridgehead atoms. The first-order chi connectivity index (χ1) is 12.1. The van der Waals surface area contributed by atoms with Crippen molar-refractivity contribution >= 4 is 28.2 Å². The smallest absolute Gasteiger partial charge is 0.211 e. The molecule has 0 aliphatic carbocycles. The zero-order valence-electron chi connectivity index (χ0n) is 14.6. The molecule has 0 unspecified atom stereocenters. The molecule has 7 nitrogen and oxygen atoms in total. The average molecular weight is 356 g/mol. The molecule has 0 amide bonds. The fraction of sp³-hybridized carbons (Fsp3) is 0.294. The van der Waals surface area contributed by atoms with E-state index in [0.717, 1.165) is 22.4 Å². The van der Waals surface area contributed by atoms with E-state index in [-0.39, 0.29) is 6.10 Å². The van der Waals surface area contributed by atoms with Crippen LogP contribution in [0.4, 0.5) is 16.6 Å². The lowest BCUT2D eigenvalue weighted by atomic mass is 10.3. The molecular weight excluding hydrogens is 336 g/mol. The molecule has 0 saturated heterocycles. The van der Waals surface area contributed by atoms with Gasteiger partial charge in [-0.1, -0.05) is 0 Å². The highest BCUT2D eigenvalue weighted by Gasteiger charge is 2.16. The van der Waals surface area contributed by atoms with E-state index in [1.807, 2.05) is 57.1 Å². The van der Waals surface area contributed by atoms with Crippen LogP contribution in [0.25, 0.3) is 11.5 Å². The summed E-state index contributed by atoms with van der Waals surface area (Å²) in [5, 5.41) is 3.88. The lowest BCUT2D eigenvalue weighted by molar-refractivity contribution is 0.241. The highest BCUT2D eigenvalue weighted by molar-refractivity contribution is 7.10. The number of aromatic nitrogens is 4. The lowest BCUT2D eigenvalue weighted by Crippen LogP contribution is -2.13. The number of nitrogens with zero attached hydrogens (tertiary/aromatic N) is 5. The highest BCUT2D eigenvalue weighted by atomic mass is 32.1. The van der Waals surface area contributed by atoms with Gasteiger partial charge in [0.1, 0.15) is 11.4 Å². The molecule has 0 saturated carbocycles. The lowest BCUT2D eigenvalue weighted by Gasteiger charge is -2.17. The molecule has 3 heterocycles. The number of anilines is 3. The Balaban J connectivity index is 1.82. The predicted octanol–water partition coefficient (Wildman–Crippen LogP) is 3.59. The van der Waals surface area contributed by atoms with E-state index < -0.39 is 0 Å². The third-order valence-electron chi connectivity index (χ3n) is 3.41. The van der Waals surface area contributed by atoms with E-state index in [0.29, 0.717) is 11.5 Å². The summed E-state index contributed by atoms with van der Waals surface area (Å²) in [6, 6.07) is 7.60. The van der Waals surface area contributed by atoms with Crippen LogP contribution in [0.2, 0.25) is 0 Å². The molecule has 3 aromatic rings. The molecule has 0 spiro atoms. The Hall–Kier alpha value is -2.74. The molecule has 0 atom stereocenters. The van der Waals surface area contributed by atoms with Crippen LogP contribution in [0.1, 0.15) is 13.8 Å². The fourth-order valence-electron chi connectivity index (χ4n) is 2.26. The van der Waals surface area contributed by atoms with Crippen LogP contribution in [0.5, 0.6) is 5.75 Å². The van der Waals surface area contributed by atoms with E-state index in [2.05, 4.69) is 24.6 Å². The van der Waals surface area contributed by atoms with Crippen LogP contribution < -0.4 is 15.0 Å². The normalized spacial score (nSPS) is 10.8. The largest absolute Gasteiger partial charge is 0.489 e. The number of hydrogen-bond donors (Lipinski definition) is 1. The minimum absolute atomic E-state index is 0.116. The topological polar surface area (TPSA) is 76.1 Å². The van der Waals surface area contributed by atoms with Gasteiger partial charge in [-0.3, -0.25) is 0 Å². The average Bonchev–Trinajstić information content (AvgIpc) is 3.11. The Kier molecular flexibility index (Phi) is 5.08. The first kappa shape index (κ1) is 17.1. The third-order valence-corrected chi connectivity index (χ3v) is 4.21. The van der Waals surface area contributed by atoms with Gasteiger partial charge in [0, 0.05) is 31.8 Å². The Bertz CT molecular complexity index is 833. The maximum atomic E-state index is 5.61. The number of ether oxygens (including phenoxy) is 1. The Morgan fingerprint density at radius 2 is 2.04 bits per heavy atom. The molecule has 25 heavy (non-hydrogen) atoms. The minimum Gasteiger partial charge on any atom is -0.489 e. The van der Waals surface area contributed by atoms with Gasteiger partial charge in [-0.05, 0) is 38.1 Å². The number of pyridine rings is 2. The van der Waals surface area contributed by atoms with Crippen molar-refractivity contribution in [3.8, 4) is 17.3 Å². The van der Waals surface area contributed by atoms with E-state index >= 15 is 0 Å². The van der Waals surface area contributed by atoms with Gasteiger partial charge in [-0.25, -0.2) is 9.97 Å². The van der Waals surface area contributed by atoms with Crippen molar-refractivity contribution in [1.29, 1.82) is 0 Å². The van der Waals surface area contributed by atoms with Gasteiger partial charge >= 0.3 is 0 Å². The molecule has 1 N–H and O–H groups in total. The molecule has 0 aliphatic heterocycles. The summed E-state index contributed by atoms with van der Waals surface area (Å²) < 4.78 is 10.0. The maximum absolute atomic E-state index is 5.61. The van der Waals surface area contributed by atoms with Gasteiger partial charge in [0.25, 0.3) is 0 Å². The molecule has 8 heteroatoms. The summed E-state index contributed by atoms with van der Waals surface area (Å²) in [6.07, 6.45) is 3.56.